The third kappa shape index (κ3) is 6.23. The molecule has 0 N–H and O–H groups in total. The lowest BCUT2D eigenvalue weighted by Crippen LogP contribution is -2.52. The van der Waals surface area contributed by atoms with Crippen LogP contribution in [0, 0.1) is 3.57 Å². The normalized spacial score (nSPS) is 17.0. The van der Waals surface area contributed by atoms with Crippen molar-refractivity contribution < 1.29 is 27.5 Å². The first-order valence-corrected chi connectivity index (χ1v) is 10.4. The number of halogens is 4. The molecule has 1 aromatic carbocycles. The minimum atomic E-state index is -4.92. The molecule has 1 aliphatic heterocycles. The summed E-state index contributed by atoms with van der Waals surface area (Å²) in [4.78, 5) is 26.4. The zero-order valence-electron chi connectivity index (χ0n) is 17.0. The zero-order chi connectivity index (χ0) is 22.0. The van der Waals surface area contributed by atoms with Gasteiger partial charge in [-0.2, -0.15) is 13.2 Å². The molecule has 0 saturated carbocycles. The Kier molecular flexibility index (Phi) is 7.12. The number of amides is 2. The first-order valence-electron chi connectivity index (χ1n) is 9.30. The zero-order valence-corrected chi connectivity index (χ0v) is 19.1. The maximum absolute atomic E-state index is 12.9. The molecule has 0 aromatic heterocycles. The second kappa shape index (κ2) is 8.69. The highest BCUT2D eigenvalue weighted by Gasteiger charge is 2.45. The fourth-order valence-electron chi connectivity index (χ4n) is 3.53. The van der Waals surface area contributed by atoms with Crippen molar-refractivity contribution in [2.24, 2.45) is 0 Å². The lowest BCUT2D eigenvalue weighted by atomic mass is 9.72. The molecule has 1 heterocycles. The van der Waals surface area contributed by atoms with Gasteiger partial charge in [0.2, 0.25) is 0 Å². The van der Waals surface area contributed by atoms with Crippen LogP contribution < -0.4 is 0 Å². The van der Waals surface area contributed by atoms with Crippen LogP contribution in [-0.2, 0) is 14.9 Å². The molecule has 0 atom stereocenters. The van der Waals surface area contributed by atoms with Crippen molar-refractivity contribution in [1.29, 1.82) is 0 Å². The van der Waals surface area contributed by atoms with Crippen LogP contribution in [0.2, 0.25) is 0 Å². The van der Waals surface area contributed by atoms with E-state index in [0.717, 1.165) is 14.0 Å². The van der Waals surface area contributed by atoms with Gasteiger partial charge in [0.1, 0.15) is 5.60 Å². The Labute approximate surface area is 182 Å². The number of likely N-dealkylation sites (N-methyl/N-ethyl adjacent to an activating group) is 1. The van der Waals surface area contributed by atoms with E-state index in [0.29, 0.717) is 25.9 Å². The maximum atomic E-state index is 12.9. The Morgan fingerprint density at radius 2 is 1.66 bits per heavy atom. The largest absolute Gasteiger partial charge is 0.471 e. The summed E-state index contributed by atoms with van der Waals surface area (Å²) < 4.78 is 45.1. The molecule has 9 heteroatoms. The summed E-state index contributed by atoms with van der Waals surface area (Å²) in [6, 6.07) is 7.56. The van der Waals surface area contributed by atoms with E-state index in [2.05, 4.69) is 22.6 Å². The highest BCUT2D eigenvalue weighted by atomic mass is 127. The first-order chi connectivity index (χ1) is 13.2. The summed E-state index contributed by atoms with van der Waals surface area (Å²) >= 11 is 2.16. The van der Waals surface area contributed by atoms with Crippen molar-refractivity contribution >= 4 is 34.6 Å². The molecule has 1 aromatic rings. The van der Waals surface area contributed by atoms with Crippen LogP contribution >= 0.6 is 22.6 Å². The number of carbonyl (C=O) groups is 2. The molecule has 1 saturated heterocycles. The van der Waals surface area contributed by atoms with E-state index in [-0.39, 0.29) is 6.54 Å². The number of hydrogen-bond donors (Lipinski definition) is 0. The van der Waals surface area contributed by atoms with Crippen molar-refractivity contribution in [2.45, 2.75) is 50.8 Å². The van der Waals surface area contributed by atoms with Crippen LogP contribution in [0.15, 0.2) is 24.3 Å². The molecule has 1 fully saturated rings. The van der Waals surface area contributed by atoms with Crippen molar-refractivity contribution in [2.75, 3.05) is 26.7 Å². The van der Waals surface area contributed by atoms with Crippen LogP contribution in [0.5, 0.6) is 0 Å². The molecule has 1 aliphatic rings. The number of likely N-dealkylation sites (tertiary alicyclic amines) is 1. The average molecular weight is 526 g/mol. The van der Waals surface area contributed by atoms with Gasteiger partial charge in [0, 0.05) is 35.7 Å². The highest BCUT2D eigenvalue weighted by Crippen LogP contribution is 2.37. The van der Waals surface area contributed by atoms with Crippen molar-refractivity contribution in [3.05, 3.63) is 33.4 Å². The summed E-state index contributed by atoms with van der Waals surface area (Å²) in [5.41, 5.74) is -0.428. The van der Waals surface area contributed by atoms with E-state index in [1.54, 1.807) is 25.7 Å². The number of hydrogen-bond acceptors (Lipinski definition) is 3. The molecule has 2 rings (SSSR count). The molecular weight excluding hydrogens is 500 g/mol. The number of ether oxygens (including phenoxy) is 1. The van der Waals surface area contributed by atoms with Gasteiger partial charge in [-0.25, -0.2) is 4.79 Å². The third-order valence-corrected chi connectivity index (χ3v) is 5.68. The van der Waals surface area contributed by atoms with Crippen LogP contribution in [0.25, 0.3) is 0 Å². The molecule has 29 heavy (non-hydrogen) atoms. The molecule has 0 bridgehead atoms. The molecule has 5 nitrogen and oxygen atoms in total. The standard InChI is InChI=1S/C20H26F3IN2O3/c1-18(2,3)29-17(28)26-11-9-19(10-12-26,14-5-7-15(24)8-6-14)13-25(4)16(27)20(21,22)23/h5-8H,9-13H2,1-4H3. The Balaban J connectivity index is 2.23. The molecule has 162 valence electrons. The van der Waals surface area contributed by atoms with E-state index in [9.17, 15) is 22.8 Å². The summed E-state index contributed by atoms with van der Waals surface area (Å²) in [6.45, 7) is 5.95. The van der Waals surface area contributed by atoms with Crippen LogP contribution in [0.1, 0.15) is 39.2 Å². The molecule has 0 unspecified atom stereocenters. The summed E-state index contributed by atoms with van der Waals surface area (Å²) in [7, 11) is 1.17. The second-order valence-electron chi connectivity index (χ2n) is 8.41. The molecular formula is C20H26F3IN2O3. The van der Waals surface area contributed by atoms with Gasteiger partial charge in [0.15, 0.2) is 0 Å². The molecule has 0 aliphatic carbocycles. The number of piperidine rings is 1. The fraction of sp³-hybridized carbons (Fsp3) is 0.600. The second-order valence-corrected chi connectivity index (χ2v) is 9.66. The number of rotatable bonds is 3. The van der Waals surface area contributed by atoms with E-state index >= 15 is 0 Å². The van der Waals surface area contributed by atoms with Gasteiger partial charge in [-0.3, -0.25) is 4.79 Å². The summed E-state index contributed by atoms with van der Waals surface area (Å²) in [5.74, 6) is -1.86. The SMILES string of the molecule is CN(CC1(c2ccc(I)cc2)CCN(C(=O)OC(C)(C)C)CC1)C(=O)C(F)(F)F. The number of carbonyl (C=O) groups excluding carboxylic acids is 2. The van der Waals surface area contributed by atoms with E-state index < -0.39 is 29.2 Å². The fourth-order valence-corrected chi connectivity index (χ4v) is 3.89. The van der Waals surface area contributed by atoms with E-state index in [1.165, 1.54) is 7.05 Å². The molecule has 0 radical (unpaired) electrons. The monoisotopic (exact) mass is 526 g/mol. The van der Waals surface area contributed by atoms with Gasteiger partial charge < -0.3 is 14.5 Å². The number of nitrogens with zero attached hydrogens (tertiary/aromatic N) is 2. The molecule has 0 spiro atoms. The van der Waals surface area contributed by atoms with Gasteiger partial charge in [0.25, 0.3) is 0 Å². The van der Waals surface area contributed by atoms with Gasteiger partial charge in [0.05, 0.1) is 0 Å². The Bertz CT molecular complexity index is 737. The van der Waals surface area contributed by atoms with Crippen LogP contribution in [0.4, 0.5) is 18.0 Å². The Morgan fingerprint density at radius 3 is 2.10 bits per heavy atom. The summed E-state index contributed by atoms with van der Waals surface area (Å²) in [6.07, 6.45) is -4.49. The maximum Gasteiger partial charge on any atom is 0.471 e. The van der Waals surface area contributed by atoms with Gasteiger partial charge in [-0.05, 0) is 73.9 Å². The third-order valence-electron chi connectivity index (χ3n) is 4.96. The topological polar surface area (TPSA) is 49.9 Å². The Morgan fingerprint density at radius 1 is 1.14 bits per heavy atom. The van der Waals surface area contributed by atoms with Gasteiger partial charge in [-0.1, -0.05) is 12.1 Å². The highest BCUT2D eigenvalue weighted by molar-refractivity contribution is 14.1. The predicted octanol–water partition coefficient (Wildman–Crippen LogP) is 4.58. The lowest BCUT2D eigenvalue weighted by Gasteiger charge is -2.44. The van der Waals surface area contributed by atoms with Crippen molar-refractivity contribution in [3.8, 4) is 0 Å². The summed E-state index contributed by atoms with van der Waals surface area (Å²) in [5, 5.41) is 0. The number of alkyl halides is 3. The smallest absolute Gasteiger partial charge is 0.444 e. The predicted molar refractivity (Wildman–Crippen MR) is 112 cm³/mol. The van der Waals surface area contributed by atoms with Crippen molar-refractivity contribution in [1.82, 2.24) is 9.80 Å². The van der Waals surface area contributed by atoms with Crippen LogP contribution in [-0.4, -0.2) is 60.3 Å². The lowest BCUT2D eigenvalue weighted by molar-refractivity contribution is -0.185. The molecule has 2 amide bonds. The minimum absolute atomic E-state index is 0.0753. The van der Waals surface area contributed by atoms with E-state index in [1.807, 2.05) is 24.3 Å². The number of benzene rings is 1. The average Bonchev–Trinajstić information content (AvgIpc) is 2.59. The van der Waals surface area contributed by atoms with E-state index in [4.69, 9.17) is 4.74 Å². The van der Waals surface area contributed by atoms with Crippen LogP contribution in [0.3, 0.4) is 0 Å². The minimum Gasteiger partial charge on any atom is -0.444 e. The van der Waals surface area contributed by atoms with Crippen molar-refractivity contribution in [3.63, 3.8) is 0 Å². The van der Waals surface area contributed by atoms with Gasteiger partial charge in [-0.15, -0.1) is 0 Å². The first kappa shape index (κ1) is 23.8. The quantitative estimate of drug-likeness (QED) is 0.542. The van der Waals surface area contributed by atoms with Gasteiger partial charge >= 0.3 is 18.2 Å². The Hall–Kier alpha value is -1.52.